The van der Waals surface area contributed by atoms with Crippen LogP contribution in [0.25, 0.3) is 11.0 Å². The fraction of sp³-hybridized carbons (Fsp3) is 0.154. The molecule has 0 spiro atoms. The Balaban J connectivity index is 1.97. The first kappa shape index (κ1) is 13.1. The molecule has 0 radical (unpaired) electrons. The lowest BCUT2D eigenvalue weighted by Gasteiger charge is -2.09. The van der Waals surface area contributed by atoms with Crippen molar-refractivity contribution in [3.8, 4) is 17.4 Å². The van der Waals surface area contributed by atoms with Crippen molar-refractivity contribution in [1.82, 2.24) is 20.2 Å². The summed E-state index contributed by atoms with van der Waals surface area (Å²) in [5, 5.41) is 7.34. The fourth-order valence-corrected chi connectivity index (χ4v) is 1.86. The Morgan fingerprint density at radius 2 is 2.14 bits per heavy atom. The molecule has 8 nitrogen and oxygen atoms in total. The zero-order chi connectivity index (χ0) is 14.7. The topological polar surface area (TPSA) is 111 Å². The van der Waals surface area contributed by atoms with Gasteiger partial charge in [0.25, 0.3) is 0 Å². The standard InChI is InChI=1S/C13H14N6O2/c1-2-20-8-4-3-5-9(6-8)21-12-10-7-15-19-11(10)16-13(17-12)18-14/h3-7H,2,14H2,1H3,(H2,15,16,17,18,19). The maximum Gasteiger partial charge on any atom is 0.242 e. The van der Waals surface area contributed by atoms with Crippen molar-refractivity contribution >= 4 is 17.0 Å². The Labute approximate surface area is 120 Å². The summed E-state index contributed by atoms with van der Waals surface area (Å²) in [5.41, 5.74) is 2.93. The molecule has 0 bridgehead atoms. The highest BCUT2D eigenvalue weighted by Crippen LogP contribution is 2.29. The highest BCUT2D eigenvalue weighted by Gasteiger charge is 2.11. The van der Waals surface area contributed by atoms with Crippen LogP contribution in [0.4, 0.5) is 5.95 Å². The van der Waals surface area contributed by atoms with Crippen molar-refractivity contribution in [2.45, 2.75) is 6.92 Å². The zero-order valence-electron chi connectivity index (χ0n) is 11.3. The van der Waals surface area contributed by atoms with Gasteiger partial charge >= 0.3 is 0 Å². The Kier molecular flexibility index (Phi) is 3.52. The Morgan fingerprint density at radius 3 is 2.95 bits per heavy atom. The molecule has 8 heteroatoms. The monoisotopic (exact) mass is 286 g/mol. The molecule has 108 valence electrons. The Bertz CT molecular complexity index is 757. The summed E-state index contributed by atoms with van der Waals surface area (Å²) in [6.45, 7) is 2.51. The zero-order valence-corrected chi connectivity index (χ0v) is 11.3. The summed E-state index contributed by atoms with van der Waals surface area (Å²) in [5.74, 6) is 7.27. The molecule has 1 aromatic carbocycles. The van der Waals surface area contributed by atoms with E-state index in [4.69, 9.17) is 15.3 Å². The number of fused-ring (bicyclic) bond motifs is 1. The van der Waals surface area contributed by atoms with E-state index in [1.54, 1.807) is 12.3 Å². The van der Waals surface area contributed by atoms with Crippen molar-refractivity contribution in [3.63, 3.8) is 0 Å². The highest BCUT2D eigenvalue weighted by molar-refractivity contribution is 5.80. The number of benzene rings is 1. The number of hydrogen-bond acceptors (Lipinski definition) is 7. The van der Waals surface area contributed by atoms with Gasteiger partial charge in [0.2, 0.25) is 11.8 Å². The van der Waals surface area contributed by atoms with Crippen LogP contribution in [0.3, 0.4) is 0 Å². The molecule has 4 N–H and O–H groups in total. The molecule has 0 saturated heterocycles. The van der Waals surface area contributed by atoms with E-state index < -0.39 is 0 Å². The quantitative estimate of drug-likeness (QED) is 0.484. The van der Waals surface area contributed by atoms with E-state index in [0.717, 1.165) is 5.75 Å². The Morgan fingerprint density at radius 1 is 1.29 bits per heavy atom. The van der Waals surface area contributed by atoms with Crippen LogP contribution in [0.2, 0.25) is 0 Å². The van der Waals surface area contributed by atoms with Gasteiger partial charge in [-0.25, -0.2) is 5.84 Å². The maximum absolute atomic E-state index is 5.79. The Hall–Kier alpha value is -2.87. The van der Waals surface area contributed by atoms with Gasteiger partial charge in [-0.15, -0.1) is 0 Å². The third-order valence-electron chi connectivity index (χ3n) is 2.73. The molecular formula is C13H14N6O2. The van der Waals surface area contributed by atoms with Crippen LogP contribution < -0.4 is 20.7 Å². The van der Waals surface area contributed by atoms with Gasteiger partial charge in [-0.2, -0.15) is 15.1 Å². The smallest absolute Gasteiger partial charge is 0.242 e. The van der Waals surface area contributed by atoms with Gasteiger partial charge in [-0.05, 0) is 19.1 Å². The van der Waals surface area contributed by atoms with Crippen molar-refractivity contribution in [1.29, 1.82) is 0 Å². The van der Waals surface area contributed by atoms with E-state index in [1.807, 2.05) is 25.1 Å². The summed E-state index contributed by atoms with van der Waals surface area (Å²) in [7, 11) is 0. The first-order chi connectivity index (χ1) is 10.3. The van der Waals surface area contributed by atoms with Crippen LogP contribution in [-0.4, -0.2) is 26.8 Å². The summed E-state index contributed by atoms with van der Waals surface area (Å²) < 4.78 is 11.2. The van der Waals surface area contributed by atoms with Crippen LogP contribution in [0.5, 0.6) is 17.4 Å². The van der Waals surface area contributed by atoms with Crippen LogP contribution in [-0.2, 0) is 0 Å². The molecule has 2 heterocycles. The number of aromatic amines is 1. The van der Waals surface area contributed by atoms with Crippen LogP contribution in [0.1, 0.15) is 6.92 Å². The van der Waals surface area contributed by atoms with Gasteiger partial charge in [0.1, 0.15) is 16.9 Å². The number of nitrogens with two attached hydrogens (primary N) is 1. The predicted octanol–water partition coefficient (Wildman–Crippen LogP) is 1.83. The van der Waals surface area contributed by atoms with E-state index in [1.165, 1.54) is 0 Å². The van der Waals surface area contributed by atoms with Crippen molar-refractivity contribution in [3.05, 3.63) is 30.5 Å². The average molecular weight is 286 g/mol. The molecule has 0 aliphatic rings. The fourth-order valence-electron chi connectivity index (χ4n) is 1.86. The number of hydrogen-bond donors (Lipinski definition) is 3. The minimum Gasteiger partial charge on any atom is -0.494 e. The van der Waals surface area contributed by atoms with Gasteiger partial charge in [-0.1, -0.05) is 6.07 Å². The number of rotatable bonds is 5. The molecule has 0 aliphatic heterocycles. The van der Waals surface area contributed by atoms with Crippen molar-refractivity contribution in [2.75, 3.05) is 12.0 Å². The van der Waals surface area contributed by atoms with Gasteiger partial charge in [0.05, 0.1) is 12.8 Å². The summed E-state index contributed by atoms with van der Waals surface area (Å²) in [6, 6.07) is 7.30. The molecule has 0 amide bonds. The van der Waals surface area contributed by atoms with Gasteiger partial charge in [0, 0.05) is 6.07 Å². The number of nitrogens with one attached hydrogen (secondary N) is 2. The van der Waals surface area contributed by atoms with E-state index in [0.29, 0.717) is 29.3 Å². The van der Waals surface area contributed by atoms with Gasteiger partial charge in [-0.3, -0.25) is 10.5 Å². The number of anilines is 1. The number of H-pyrrole nitrogens is 1. The molecule has 3 aromatic rings. The molecule has 21 heavy (non-hydrogen) atoms. The molecule has 0 saturated carbocycles. The van der Waals surface area contributed by atoms with E-state index in [2.05, 4.69) is 25.6 Å². The minimum absolute atomic E-state index is 0.239. The number of ether oxygens (including phenoxy) is 2. The lowest BCUT2D eigenvalue weighted by atomic mass is 10.3. The second-order valence-corrected chi connectivity index (χ2v) is 4.14. The van der Waals surface area contributed by atoms with E-state index in [9.17, 15) is 0 Å². The van der Waals surface area contributed by atoms with Crippen LogP contribution in [0, 0.1) is 0 Å². The lowest BCUT2D eigenvalue weighted by molar-refractivity contribution is 0.338. The SMILES string of the molecule is CCOc1cccc(Oc2nc(NN)nc3[nH]ncc23)c1. The first-order valence-electron chi connectivity index (χ1n) is 6.38. The second kappa shape index (κ2) is 5.63. The highest BCUT2D eigenvalue weighted by atomic mass is 16.5. The third kappa shape index (κ3) is 2.70. The summed E-state index contributed by atoms with van der Waals surface area (Å²) in [6.07, 6.45) is 1.59. The number of nitrogen functional groups attached to an aromatic ring is 1. The molecule has 0 aliphatic carbocycles. The molecule has 0 fully saturated rings. The number of hydrazine groups is 1. The normalized spacial score (nSPS) is 10.6. The predicted molar refractivity (Wildman–Crippen MR) is 77.2 cm³/mol. The average Bonchev–Trinajstić information content (AvgIpc) is 2.96. The molecule has 2 aromatic heterocycles. The minimum atomic E-state index is 0.239. The number of nitrogens with zero attached hydrogens (tertiary/aromatic N) is 3. The maximum atomic E-state index is 5.79. The van der Waals surface area contributed by atoms with Gasteiger partial charge in [0.15, 0.2) is 5.65 Å². The molecule has 0 atom stereocenters. The van der Waals surface area contributed by atoms with Crippen LogP contribution >= 0.6 is 0 Å². The third-order valence-corrected chi connectivity index (χ3v) is 2.73. The van der Waals surface area contributed by atoms with Crippen molar-refractivity contribution in [2.24, 2.45) is 5.84 Å². The largest absolute Gasteiger partial charge is 0.494 e. The van der Waals surface area contributed by atoms with Crippen LogP contribution in [0.15, 0.2) is 30.5 Å². The van der Waals surface area contributed by atoms with E-state index in [-0.39, 0.29) is 5.95 Å². The van der Waals surface area contributed by atoms with Crippen molar-refractivity contribution < 1.29 is 9.47 Å². The second-order valence-electron chi connectivity index (χ2n) is 4.14. The molecular weight excluding hydrogens is 272 g/mol. The van der Waals surface area contributed by atoms with E-state index >= 15 is 0 Å². The lowest BCUT2D eigenvalue weighted by Crippen LogP contribution is -2.10. The molecule has 3 rings (SSSR count). The first-order valence-corrected chi connectivity index (χ1v) is 6.38. The summed E-state index contributed by atoms with van der Waals surface area (Å²) in [4.78, 5) is 8.33. The van der Waals surface area contributed by atoms with Gasteiger partial charge < -0.3 is 9.47 Å². The summed E-state index contributed by atoms with van der Waals surface area (Å²) >= 11 is 0. The molecule has 0 unspecified atom stereocenters. The number of aromatic nitrogens is 4.